The molecule has 1 rings (SSSR count). The predicted octanol–water partition coefficient (Wildman–Crippen LogP) is 2.97. The summed E-state index contributed by atoms with van der Waals surface area (Å²) < 4.78 is 20.8. The van der Waals surface area contributed by atoms with Crippen molar-refractivity contribution in [1.29, 1.82) is 0 Å². The summed E-state index contributed by atoms with van der Waals surface area (Å²) >= 11 is -1.21. The van der Waals surface area contributed by atoms with Crippen molar-refractivity contribution < 1.29 is 9.29 Å². The molecule has 1 aromatic carbocycles. The molecule has 4 heteroatoms. The van der Waals surface area contributed by atoms with E-state index in [4.69, 9.17) is 4.74 Å². The number of rotatable bonds is 4. The molecule has 17 heavy (non-hydrogen) atoms. The second-order valence-electron chi connectivity index (χ2n) is 4.60. The average molecular weight is 253 g/mol. The van der Waals surface area contributed by atoms with E-state index in [1.807, 2.05) is 52.0 Å². The normalized spacial score (nSPS) is 13.9. The van der Waals surface area contributed by atoms with Gasteiger partial charge in [-0.15, -0.1) is 0 Å². The van der Waals surface area contributed by atoms with Gasteiger partial charge in [-0.3, -0.25) is 0 Å². The Balaban J connectivity index is 2.66. The third kappa shape index (κ3) is 4.79. The van der Waals surface area contributed by atoms with Gasteiger partial charge in [-0.25, -0.2) is 0 Å². The lowest BCUT2D eigenvalue weighted by Crippen LogP contribution is -2.25. The topological polar surface area (TPSA) is 44.6 Å². The van der Waals surface area contributed by atoms with E-state index in [2.05, 4.69) is 4.40 Å². The smallest absolute Gasteiger partial charge is 0.144 e. The van der Waals surface area contributed by atoms with Crippen LogP contribution in [0, 0.1) is 0 Å². The van der Waals surface area contributed by atoms with E-state index in [1.165, 1.54) is 0 Å². The molecular formula is C13H19NO2S. The van der Waals surface area contributed by atoms with E-state index in [9.17, 15) is 4.55 Å². The highest BCUT2D eigenvalue weighted by atomic mass is 32.2. The largest absolute Gasteiger partial charge is 0.591 e. The van der Waals surface area contributed by atoms with Crippen LogP contribution in [-0.2, 0) is 11.4 Å². The molecule has 0 saturated carbocycles. The standard InChI is InChI=1S/C13H19NO2S/c1-5-16-12-8-6-11(7-9-12)10-14-17(15)13(2,3)4/h6-10H,5H2,1-4H3/b14-10+. The first-order valence-corrected chi connectivity index (χ1v) is 6.73. The fraction of sp³-hybridized carbons (Fsp3) is 0.462. The fourth-order valence-corrected chi connectivity index (χ4v) is 1.62. The summed E-state index contributed by atoms with van der Waals surface area (Å²) in [5, 5.41) is 0. The molecule has 0 fully saturated rings. The molecule has 0 heterocycles. The lowest BCUT2D eigenvalue weighted by Gasteiger charge is -2.17. The Morgan fingerprint density at radius 1 is 1.29 bits per heavy atom. The van der Waals surface area contributed by atoms with Crippen LogP contribution < -0.4 is 4.74 Å². The molecule has 0 spiro atoms. The van der Waals surface area contributed by atoms with Crippen molar-refractivity contribution in [2.75, 3.05) is 6.61 Å². The van der Waals surface area contributed by atoms with Crippen molar-refractivity contribution in [3.63, 3.8) is 0 Å². The fourth-order valence-electron chi connectivity index (χ4n) is 1.08. The van der Waals surface area contributed by atoms with Gasteiger partial charge >= 0.3 is 0 Å². The van der Waals surface area contributed by atoms with Crippen molar-refractivity contribution in [2.24, 2.45) is 4.40 Å². The van der Waals surface area contributed by atoms with E-state index < -0.39 is 11.4 Å². The molecule has 0 aromatic heterocycles. The lowest BCUT2D eigenvalue weighted by atomic mass is 10.2. The average Bonchev–Trinajstić information content (AvgIpc) is 2.27. The molecule has 1 atom stereocenters. The summed E-state index contributed by atoms with van der Waals surface area (Å²) in [4.78, 5) is 0. The molecule has 1 aromatic rings. The molecular weight excluding hydrogens is 234 g/mol. The first-order chi connectivity index (χ1) is 7.93. The maximum atomic E-state index is 11.7. The van der Waals surface area contributed by atoms with Crippen LogP contribution in [0.2, 0.25) is 0 Å². The Kier molecular flexibility index (Phi) is 5.02. The van der Waals surface area contributed by atoms with Gasteiger partial charge in [-0.05, 0) is 57.5 Å². The number of hydrogen-bond acceptors (Lipinski definition) is 3. The zero-order chi connectivity index (χ0) is 12.9. The van der Waals surface area contributed by atoms with E-state index in [-0.39, 0.29) is 4.75 Å². The Morgan fingerprint density at radius 2 is 1.88 bits per heavy atom. The zero-order valence-corrected chi connectivity index (χ0v) is 11.6. The number of hydrogen-bond donors (Lipinski definition) is 0. The van der Waals surface area contributed by atoms with Crippen LogP contribution in [0.3, 0.4) is 0 Å². The van der Waals surface area contributed by atoms with E-state index >= 15 is 0 Å². The summed E-state index contributed by atoms with van der Waals surface area (Å²) in [6.07, 6.45) is 1.64. The van der Waals surface area contributed by atoms with Gasteiger partial charge in [0.15, 0.2) is 0 Å². The van der Waals surface area contributed by atoms with Crippen LogP contribution >= 0.6 is 0 Å². The van der Waals surface area contributed by atoms with Gasteiger partial charge in [-0.2, -0.15) is 0 Å². The first kappa shape index (κ1) is 14.1. The van der Waals surface area contributed by atoms with Crippen molar-refractivity contribution in [3.8, 4) is 5.75 Å². The molecule has 3 nitrogen and oxygen atoms in total. The molecule has 0 aliphatic heterocycles. The van der Waals surface area contributed by atoms with Crippen LogP contribution in [-0.4, -0.2) is 22.1 Å². The third-order valence-electron chi connectivity index (χ3n) is 2.01. The van der Waals surface area contributed by atoms with Gasteiger partial charge in [0, 0.05) is 0 Å². The van der Waals surface area contributed by atoms with Crippen molar-refractivity contribution in [1.82, 2.24) is 0 Å². The quantitative estimate of drug-likeness (QED) is 0.611. The number of nitrogens with zero attached hydrogens (tertiary/aromatic N) is 1. The Labute approximate surface area is 106 Å². The van der Waals surface area contributed by atoms with Gasteiger partial charge in [-0.1, -0.05) is 4.40 Å². The zero-order valence-electron chi connectivity index (χ0n) is 10.8. The van der Waals surface area contributed by atoms with Gasteiger partial charge in [0.25, 0.3) is 0 Å². The van der Waals surface area contributed by atoms with Gasteiger partial charge in [0.2, 0.25) is 0 Å². The highest BCUT2D eigenvalue weighted by Gasteiger charge is 2.25. The Hall–Kier alpha value is -1.00. The lowest BCUT2D eigenvalue weighted by molar-refractivity contribution is 0.340. The summed E-state index contributed by atoms with van der Waals surface area (Å²) in [6.45, 7) is 8.30. The minimum Gasteiger partial charge on any atom is -0.591 e. The van der Waals surface area contributed by atoms with Crippen molar-refractivity contribution >= 4 is 17.6 Å². The summed E-state index contributed by atoms with van der Waals surface area (Å²) in [7, 11) is 0. The summed E-state index contributed by atoms with van der Waals surface area (Å²) in [5.41, 5.74) is 0.922. The maximum absolute atomic E-state index is 11.7. The third-order valence-corrected chi connectivity index (χ3v) is 3.36. The monoisotopic (exact) mass is 253 g/mol. The minimum absolute atomic E-state index is 0.318. The van der Waals surface area contributed by atoms with Crippen LogP contribution in [0.25, 0.3) is 0 Å². The highest BCUT2D eigenvalue weighted by Crippen LogP contribution is 2.17. The van der Waals surface area contributed by atoms with Gasteiger partial charge in [0.05, 0.1) is 12.8 Å². The molecule has 0 amide bonds. The molecule has 1 unspecified atom stereocenters. The molecule has 0 radical (unpaired) electrons. The van der Waals surface area contributed by atoms with Crippen LogP contribution in [0.1, 0.15) is 33.3 Å². The van der Waals surface area contributed by atoms with Crippen molar-refractivity contribution in [2.45, 2.75) is 32.4 Å². The molecule has 94 valence electrons. The van der Waals surface area contributed by atoms with E-state index in [0.29, 0.717) is 6.61 Å². The number of ether oxygens (including phenoxy) is 1. The van der Waals surface area contributed by atoms with Gasteiger partial charge in [0.1, 0.15) is 21.9 Å². The van der Waals surface area contributed by atoms with Crippen LogP contribution in [0.5, 0.6) is 5.75 Å². The molecule has 0 N–H and O–H groups in total. The SMILES string of the molecule is CCOc1ccc(/C=N/[S+]([O-])C(C)(C)C)cc1. The van der Waals surface area contributed by atoms with Crippen molar-refractivity contribution in [3.05, 3.63) is 29.8 Å². The predicted molar refractivity (Wildman–Crippen MR) is 73.1 cm³/mol. The maximum Gasteiger partial charge on any atom is 0.144 e. The molecule has 0 aliphatic carbocycles. The Bertz CT molecular complexity index is 368. The summed E-state index contributed by atoms with van der Waals surface area (Å²) in [6, 6.07) is 7.55. The van der Waals surface area contributed by atoms with Crippen LogP contribution in [0.4, 0.5) is 0 Å². The van der Waals surface area contributed by atoms with Crippen LogP contribution in [0.15, 0.2) is 28.7 Å². The summed E-state index contributed by atoms with van der Waals surface area (Å²) in [5.74, 6) is 0.835. The number of benzene rings is 1. The molecule has 0 aliphatic rings. The van der Waals surface area contributed by atoms with E-state index in [0.717, 1.165) is 11.3 Å². The second kappa shape index (κ2) is 6.07. The Morgan fingerprint density at radius 3 is 2.35 bits per heavy atom. The second-order valence-corrected chi connectivity index (χ2v) is 6.53. The minimum atomic E-state index is -1.21. The van der Waals surface area contributed by atoms with Gasteiger partial charge < -0.3 is 9.29 Å². The molecule has 0 saturated heterocycles. The van der Waals surface area contributed by atoms with E-state index in [1.54, 1.807) is 6.21 Å². The first-order valence-electron chi connectivity index (χ1n) is 5.62. The highest BCUT2D eigenvalue weighted by molar-refractivity contribution is 7.91. The molecule has 0 bridgehead atoms.